The Bertz CT molecular complexity index is 386. The fraction of sp³-hybridized carbons (Fsp3) is 0.455. The lowest BCUT2D eigenvalue weighted by Gasteiger charge is -2.17. The van der Waals surface area contributed by atoms with Crippen molar-refractivity contribution in [2.24, 2.45) is 5.84 Å². The molecule has 1 aromatic heterocycles. The molecule has 0 spiro atoms. The number of nitrogens with two attached hydrogens (primary N) is 1. The zero-order valence-corrected chi connectivity index (χ0v) is 10.9. The SMILES string of the molecule is CC(=O)SCCC(O)C(O)c1ccc(NN)nc1. The Hall–Kier alpha value is -1.15. The van der Waals surface area contributed by atoms with Gasteiger partial charge in [0.2, 0.25) is 0 Å². The highest BCUT2D eigenvalue weighted by atomic mass is 32.2. The number of nitrogens with zero attached hydrogens (tertiary/aromatic N) is 1. The lowest BCUT2D eigenvalue weighted by Crippen LogP contribution is -2.19. The fourth-order valence-corrected chi connectivity index (χ4v) is 2.02. The zero-order chi connectivity index (χ0) is 13.5. The van der Waals surface area contributed by atoms with Crippen molar-refractivity contribution in [3.05, 3.63) is 23.9 Å². The van der Waals surface area contributed by atoms with E-state index in [4.69, 9.17) is 5.84 Å². The molecule has 2 atom stereocenters. The van der Waals surface area contributed by atoms with Gasteiger partial charge in [0.1, 0.15) is 11.9 Å². The molecule has 1 rings (SSSR count). The van der Waals surface area contributed by atoms with E-state index in [9.17, 15) is 15.0 Å². The number of anilines is 1. The van der Waals surface area contributed by atoms with E-state index in [-0.39, 0.29) is 5.12 Å². The van der Waals surface area contributed by atoms with Gasteiger partial charge < -0.3 is 15.6 Å². The lowest BCUT2D eigenvalue weighted by molar-refractivity contribution is -0.109. The number of carbonyl (C=O) groups is 1. The number of nitrogen functional groups attached to an aromatic ring is 1. The summed E-state index contributed by atoms with van der Waals surface area (Å²) >= 11 is 1.13. The molecule has 1 heterocycles. The quantitative estimate of drug-likeness (QED) is 0.439. The third kappa shape index (κ3) is 4.61. The van der Waals surface area contributed by atoms with Gasteiger partial charge >= 0.3 is 0 Å². The Kier molecular flexibility index (Phi) is 6.06. The smallest absolute Gasteiger partial charge is 0.185 e. The number of aliphatic hydroxyl groups is 2. The molecule has 0 bridgehead atoms. The third-order valence-corrected chi connectivity index (χ3v) is 3.21. The monoisotopic (exact) mass is 271 g/mol. The average molecular weight is 271 g/mol. The predicted octanol–water partition coefficient (Wildman–Crippen LogP) is 0.431. The van der Waals surface area contributed by atoms with Gasteiger partial charge in [0, 0.05) is 24.4 Å². The molecular formula is C11H17N3O3S. The zero-order valence-electron chi connectivity index (χ0n) is 10.0. The Labute approximate surface area is 110 Å². The van der Waals surface area contributed by atoms with Gasteiger partial charge in [-0.25, -0.2) is 10.8 Å². The Balaban J connectivity index is 2.51. The Morgan fingerprint density at radius 2 is 2.28 bits per heavy atom. The molecule has 0 amide bonds. The van der Waals surface area contributed by atoms with E-state index in [0.717, 1.165) is 11.8 Å². The van der Waals surface area contributed by atoms with Crippen molar-refractivity contribution in [1.29, 1.82) is 0 Å². The van der Waals surface area contributed by atoms with Gasteiger partial charge in [-0.05, 0) is 12.5 Å². The number of pyridine rings is 1. The lowest BCUT2D eigenvalue weighted by atomic mass is 10.0. The normalized spacial score (nSPS) is 14.0. The summed E-state index contributed by atoms with van der Waals surface area (Å²) in [5, 5.41) is 19.6. The molecule has 0 saturated heterocycles. The summed E-state index contributed by atoms with van der Waals surface area (Å²) < 4.78 is 0. The van der Waals surface area contributed by atoms with Crippen molar-refractivity contribution in [3.8, 4) is 0 Å². The summed E-state index contributed by atoms with van der Waals surface area (Å²) in [6.45, 7) is 1.47. The van der Waals surface area contributed by atoms with Gasteiger partial charge in [-0.1, -0.05) is 17.8 Å². The highest BCUT2D eigenvalue weighted by Gasteiger charge is 2.18. The summed E-state index contributed by atoms with van der Waals surface area (Å²) in [5.74, 6) is 6.13. The second kappa shape index (κ2) is 7.32. The number of aromatic nitrogens is 1. The molecule has 18 heavy (non-hydrogen) atoms. The third-order valence-electron chi connectivity index (χ3n) is 2.36. The van der Waals surface area contributed by atoms with Crippen LogP contribution >= 0.6 is 11.8 Å². The van der Waals surface area contributed by atoms with Gasteiger partial charge in [-0.3, -0.25) is 4.79 Å². The van der Waals surface area contributed by atoms with E-state index in [0.29, 0.717) is 23.6 Å². The minimum absolute atomic E-state index is 0.00303. The van der Waals surface area contributed by atoms with Crippen LogP contribution in [0, 0.1) is 0 Å². The standard InChI is InChI=1S/C11H17N3O3S/c1-7(15)18-5-4-9(16)11(17)8-2-3-10(14-12)13-6-8/h2-3,6,9,11,16-17H,4-5,12H2,1H3,(H,13,14). The predicted molar refractivity (Wildman–Crippen MR) is 70.8 cm³/mol. The molecule has 0 radical (unpaired) electrons. The molecule has 0 saturated carbocycles. The van der Waals surface area contributed by atoms with Crippen LogP contribution in [-0.2, 0) is 4.79 Å². The molecule has 0 fully saturated rings. The molecule has 2 unspecified atom stereocenters. The molecular weight excluding hydrogens is 254 g/mol. The van der Waals surface area contributed by atoms with Crippen molar-refractivity contribution >= 4 is 22.7 Å². The molecule has 5 N–H and O–H groups in total. The van der Waals surface area contributed by atoms with Crippen molar-refractivity contribution < 1.29 is 15.0 Å². The van der Waals surface area contributed by atoms with Crippen molar-refractivity contribution in [1.82, 2.24) is 4.98 Å². The minimum atomic E-state index is -1.02. The van der Waals surface area contributed by atoms with Crippen molar-refractivity contribution in [2.75, 3.05) is 11.2 Å². The summed E-state index contributed by atoms with van der Waals surface area (Å²) in [4.78, 5) is 14.7. The van der Waals surface area contributed by atoms with Crippen LogP contribution < -0.4 is 11.3 Å². The molecule has 0 aliphatic rings. The number of rotatable bonds is 6. The maximum Gasteiger partial charge on any atom is 0.185 e. The number of carbonyl (C=O) groups excluding carboxylic acids is 1. The second-order valence-corrected chi connectivity index (χ2v) is 5.03. The Morgan fingerprint density at radius 3 is 2.78 bits per heavy atom. The van der Waals surface area contributed by atoms with Gasteiger partial charge in [-0.2, -0.15) is 0 Å². The second-order valence-electron chi connectivity index (χ2n) is 3.76. The largest absolute Gasteiger partial charge is 0.390 e. The molecule has 0 aromatic carbocycles. The molecule has 7 heteroatoms. The van der Waals surface area contributed by atoms with Crippen LogP contribution in [0.3, 0.4) is 0 Å². The van der Waals surface area contributed by atoms with Gasteiger partial charge in [-0.15, -0.1) is 0 Å². The summed E-state index contributed by atoms with van der Waals surface area (Å²) in [7, 11) is 0. The van der Waals surface area contributed by atoms with Crippen LogP contribution in [0.5, 0.6) is 0 Å². The van der Waals surface area contributed by atoms with Crippen LogP contribution in [-0.4, -0.2) is 32.2 Å². The van der Waals surface area contributed by atoms with Gasteiger partial charge in [0.15, 0.2) is 5.12 Å². The van der Waals surface area contributed by atoms with Crippen LogP contribution in [0.4, 0.5) is 5.82 Å². The first-order chi connectivity index (χ1) is 8.54. The number of hydrogen-bond donors (Lipinski definition) is 4. The fourth-order valence-electron chi connectivity index (χ4n) is 1.37. The molecule has 6 nitrogen and oxygen atoms in total. The summed E-state index contributed by atoms with van der Waals surface area (Å²) in [5.41, 5.74) is 2.88. The van der Waals surface area contributed by atoms with Crippen molar-refractivity contribution in [2.45, 2.75) is 25.6 Å². The van der Waals surface area contributed by atoms with E-state index in [2.05, 4.69) is 10.4 Å². The van der Waals surface area contributed by atoms with Crippen LogP contribution in [0.2, 0.25) is 0 Å². The van der Waals surface area contributed by atoms with Crippen LogP contribution in [0.25, 0.3) is 0 Å². The maximum absolute atomic E-state index is 10.7. The molecule has 100 valence electrons. The number of hydrogen-bond acceptors (Lipinski definition) is 7. The van der Waals surface area contributed by atoms with Crippen LogP contribution in [0.15, 0.2) is 18.3 Å². The molecule has 0 aliphatic carbocycles. The van der Waals surface area contributed by atoms with E-state index in [1.165, 1.54) is 13.1 Å². The maximum atomic E-state index is 10.7. The van der Waals surface area contributed by atoms with Crippen LogP contribution in [0.1, 0.15) is 25.0 Å². The number of thioether (sulfide) groups is 1. The number of aliphatic hydroxyl groups excluding tert-OH is 2. The highest BCUT2D eigenvalue weighted by Crippen LogP contribution is 2.20. The van der Waals surface area contributed by atoms with E-state index in [1.807, 2.05) is 0 Å². The van der Waals surface area contributed by atoms with E-state index < -0.39 is 12.2 Å². The van der Waals surface area contributed by atoms with E-state index in [1.54, 1.807) is 12.1 Å². The molecule has 0 aliphatic heterocycles. The molecule has 1 aromatic rings. The average Bonchev–Trinajstić information content (AvgIpc) is 2.37. The highest BCUT2D eigenvalue weighted by molar-refractivity contribution is 8.13. The summed E-state index contributed by atoms with van der Waals surface area (Å²) in [6, 6.07) is 3.24. The van der Waals surface area contributed by atoms with Crippen molar-refractivity contribution in [3.63, 3.8) is 0 Å². The minimum Gasteiger partial charge on any atom is -0.390 e. The first-order valence-corrected chi connectivity index (χ1v) is 6.45. The van der Waals surface area contributed by atoms with Gasteiger partial charge in [0.05, 0.1) is 6.10 Å². The van der Waals surface area contributed by atoms with Gasteiger partial charge in [0.25, 0.3) is 0 Å². The number of nitrogens with one attached hydrogen (secondary N) is 1. The first-order valence-electron chi connectivity index (χ1n) is 5.46. The number of hydrazine groups is 1. The summed E-state index contributed by atoms with van der Waals surface area (Å²) in [6.07, 6.45) is -0.157. The first kappa shape index (κ1) is 14.9. The Morgan fingerprint density at radius 1 is 1.56 bits per heavy atom. The topological polar surface area (TPSA) is 108 Å². The van der Waals surface area contributed by atoms with E-state index >= 15 is 0 Å².